The van der Waals surface area contributed by atoms with E-state index in [0.29, 0.717) is 18.1 Å². The SMILES string of the molecule is CCCCOCCC(CCl)c1ccccc1F. The smallest absolute Gasteiger partial charge is 0.126 e. The van der Waals surface area contributed by atoms with Crippen molar-refractivity contribution in [2.75, 3.05) is 19.1 Å². The Morgan fingerprint density at radius 1 is 1.29 bits per heavy atom. The Kier molecular flexibility index (Phi) is 7.22. The Hall–Kier alpha value is -0.600. The summed E-state index contributed by atoms with van der Waals surface area (Å²) in [5.41, 5.74) is 0.696. The Balaban J connectivity index is 2.41. The zero-order valence-electron chi connectivity index (χ0n) is 10.3. The van der Waals surface area contributed by atoms with E-state index in [1.54, 1.807) is 12.1 Å². The number of unbranched alkanes of at least 4 members (excludes halogenated alkanes) is 1. The fraction of sp³-hybridized carbons (Fsp3) is 0.571. The van der Waals surface area contributed by atoms with Crippen LogP contribution in [0.1, 0.15) is 37.7 Å². The van der Waals surface area contributed by atoms with E-state index in [0.717, 1.165) is 25.9 Å². The molecule has 0 aromatic heterocycles. The minimum Gasteiger partial charge on any atom is -0.381 e. The zero-order valence-corrected chi connectivity index (χ0v) is 11.0. The molecule has 0 aliphatic carbocycles. The van der Waals surface area contributed by atoms with Gasteiger partial charge < -0.3 is 4.74 Å². The van der Waals surface area contributed by atoms with E-state index in [1.807, 2.05) is 6.07 Å². The quantitative estimate of drug-likeness (QED) is 0.497. The van der Waals surface area contributed by atoms with Crippen molar-refractivity contribution in [2.24, 2.45) is 0 Å². The van der Waals surface area contributed by atoms with Crippen molar-refractivity contribution in [3.63, 3.8) is 0 Å². The number of hydrogen-bond donors (Lipinski definition) is 0. The fourth-order valence-corrected chi connectivity index (χ4v) is 2.02. The zero-order chi connectivity index (χ0) is 12.5. The number of hydrogen-bond acceptors (Lipinski definition) is 1. The van der Waals surface area contributed by atoms with Crippen LogP contribution in [-0.4, -0.2) is 19.1 Å². The summed E-state index contributed by atoms with van der Waals surface area (Å²) in [7, 11) is 0. The molecule has 1 aromatic carbocycles. The Labute approximate surface area is 108 Å². The molecule has 0 bridgehead atoms. The highest BCUT2D eigenvalue weighted by molar-refractivity contribution is 6.18. The highest BCUT2D eigenvalue weighted by Gasteiger charge is 2.14. The number of ether oxygens (including phenoxy) is 1. The van der Waals surface area contributed by atoms with Crippen LogP contribution >= 0.6 is 11.6 Å². The fourth-order valence-electron chi connectivity index (χ4n) is 1.70. The summed E-state index contributed by atoms with van der Waals surface area (Å²) in [5, 5.41) is 0. The molecule has 0 heterocycles. The Morgan fingerprint density at radius 2 is 2.06 bits per heavy atom. The maximum Gasteiger partial charge on any atom is 0.126 e. The van der Waals surface area contributed by atoms with Crippen LogP contribution in [0.2, 0.25) is 0 Å². The molecule has 1 unspecified atom stereocenters. The van der Waals surface area contributed by atoms with Gasteiger partial charge in [0.25, 0.3) is 0 Å². The first-order valence-corrected chi connectivity index (χ1v) is 6.71. The van der Waals surface area contributed by atoms with E-state index in [2.05, 4.69) is 6.92 Å². The molecule has 0 amide bonds. The second-order valence-corrected chi connectivity index (χ2v) is 4.44. The van der Waals surface area contributed by atoms with Gasteiger partial charge in [-0.25, -0.2) is 4.39 Å². The first-order valence-electron chi connectivity index (χ1n) is 6.17. The van der Waals surface area contributed by atoms with Crippen molar-refractivity contribution in [2.45, 2.75) is 32.1 Å². The minimum absolute atomic E-state index is 0.0412. The number of rotatable bonds is 8. The molecule has 3 heteroatoms. The lowest BCUT2D eigenvalue weighted by Crippen LogP contribution is -2.08. The molecule has 0 saturated heterocycles. The second-order valence-electron chi connectivity index (χ2n) is 4.13. The topological polar surface area (TPSA) is 9.23 Å². The van der Waals surface area contributed by atoms with Crippen molar-refractivity contribution < 1.29 is 9.13 Å². The summed E-state index contributed by atoms with van der Waals surface area (Å²) in [6, 6.07) is 6.82. The average molecular weight is 259 g/mol. The predicted octanol–water partition coefficient (Wildman–Crippen LogP) is 4.35. The number of halogens is 2. The van der Waals surface area contributed by atoms with Gasteiger partial charge in [-0.3, -0.25) is 0 Å². The molecule has 0 N–H and O–H groups in total. The van der Waals surface area contributed by atoms with Gasteiger partial charge in [0, 0.05) is 25.0 Å². The Bertz CT molecular complexity index is 317. The van der Waals surface area contributed by atoms with E-state index < -0.39 is 0 Å². The minimum atomic E-state index is -0.174. The number of alkyl halides is 1. The van der Waals surface area contributed by atoms with Crippen LogP contribution < -0.4 is 0 Å². The van der Waals surface area contributed by atoms with Crippen LogP contribution in [-0.2, 0) is 4.74 Å². The molecular formula is C14H20ClFO. The van der Waals surface area contributed by atoms with Crippen LogP contribution in [0.4, 0.5) is 4.39 Å². The molecule has 1 aromatic rings. The van der Waals surface area contributed by atoms with Gasteiger partial charge in [0.1, 0.15) is 5.82 Å². The van der Waals surface area contributed by atoms with E-state index in [-0.39, 0.29) is 11.7 Å². The highest BCUT2D eigenvalue weighted by Crippen LogP contribution is 2.23. The van der Waals surface area contributed by atoms with Crippen LogP contribution in [0.5, 0.6) is 0 Å². The third-order valence-electron chi connectivity index (χ3n) is 2.78. The van der Waals surface area contributed by atoms with Gasteiger partial charge in [-0.05, 0) is 24.5 Å². The van der Waals surface area contributed by atoms with Crippen LogP contribution in [0.15, 0.2) is 24.3 Å². The Morgan fingerprint density at radius 3 is 2.71 bits per heavy atom. The van der Waals surface area contributed by atoms with Gasteiger partial charge in [-0.15, -0.1) is 11.6 Å². The van der Waals surface area contributed by atoms with Gasteiger partial charge in [0.05, 0.1) is 0 Å². The van der Waals surface area contributed by atoms with Gasteiger partial charge in [-0.1, -0.05) is 31.5 Å². The molecule has 0 saturated carbocycles. The summed E-state index contributed by atoms with van der Waals surface area (Å²) < 4.78 is 19.0. The van der Waals surface area contributed by atoms with E-state index >= 15 is 0 Å². The van der Waals surface area contributed by atoms with Crippen molar-refractivity contribution in [1.82, 2.24) is 0 Å². The average Bonchev–Trinajstić information content (AvgIpc) is 2.35. The van der Waals surface area contributed by atoms with Crippen LogP contribution in [0.25, 0.3) is 0 Å². The van der Waals surface area contributed by atoms with Gasteiger partial charge in [0.2, 0.25) is 0 Å². The molecular weight excluding hydrogens is 239 g/mol. The molecule has 0 fully saturated rings. The van der Waals surface area contributed by atoms with Crippen molar-refractivity contribution >= 4 is 11.6 Å². The normalized spacial score (nSPS) is 12.6. The third kappa shape index (κ3) is 5.05. The molecule has 0 aliphatic rings. The first kappa shape index (κ1) is 14.5. The molecule has 0 spiro atoms. The maximum absolute atomic E-state index is 13.6. The summed E-state index contributed by atoms with van der Waals surface area (Å²) in [5.74, 6) is 0.295. The lowest BCUT2D eigenvalue weighted by molar-refractivity contribution is 0.125. The van der Waals surface area contributed by atoms with Gasteiger partial charge in [-0.2, -0.15) is 0 Å². The van der Waals surface area contributed by atoms with Crippen molar-refractivity contribution in [3.8, 4) is 0 Å². The summed E-state index contributed by atoms with van der Waals surface area (Å²) in [4.78, 5) is 0. The van der Waals surface area contributed by atoms with Crippen molar-refractivity contribution in [3.05, 3.63) is 35.6 Å². The molecule has 96 valence electrons. The predicted molar refractivity (Wildman–Crippen MR) is 70.2 cm³/mol. The summed E-state index contributed by atoms with van der Waals surface area (Å²) in [6.07, 6.45) is 2.98. The lowest BCUT2D eigenvalue weighted by Gasteiger charge is -2.15. The van der Waals surface area contributed by atoms with Crippen molar-refractivity contribution in [1.29, 1.82) is 0 Å². The molecule has 1 nitrogen and oxygen atoms in total. The van der Waals surface area contributed by atoms with Gasteiger partial charge in [0.15, 0.2) is 0 Å². The third-order valence-corrected chi connectivity index (χ3v) is 3.16. The second kappa shape index (κ2) is 8.48. The molecule has 0 aliphatic heterocycles. The maximum atomic E-state index is 13.6. The molecule has 1 atom stereocenters. The lowest BCUT2D eigenvalue weighted by atomic mass is 9.97. The summed E-state index contributed by atoms with van der Waals surface area (Å²) >= 11 is 5.89. The standard InChI is InChI=1S/C14H20ClFO/c1-2-3-9-17-10-8-12(11-15)13-6-4-5-7-14(13)16/h4-7,12H,2-3,8-11H2,1H3. The van der Waals surface area contributed by atoms with E-state index in [4.69, 9.17) is 16.3 Å². The van der Waals surface area contributed by atoms with E-state index in [1.165, 1.54) is 6.07 Å². The molecule has 0 radical (unpaired) electrons. The van der Waals surface area contributed by atoms with Crippen LogP contribution in [0, 0.1) is 5.82 Å². The molecule has 17 heavy (non-hydrogen) atoms. The number of benzene rings is 1. The van der Waals surface area contributed by atoms with Gasteiger partial charge >= 0.3 is 0 Å². The largest absolute Gasteiger partial charge is 0.381 e. The monoisotopic (exact) mass is 258 g/mol. The van der Waals surface area contributed by atoms with Crippen LogP contribution in [0.3, 0.4) is 0 Å². The highest BCUT2D eigenvalue weighted by atomic mass is 35.5. The summed E-state index contributed by atoms with van der Waals surface area (Å²) in [6.45, 7) is 3.55. The van der Waals surface area contributed by atoms with E-state index in [9.17, 15) is 4.39 Å². The first-order chi connectivity index (χ1) is 8.29. The molecule has 1 rings (SSSR count).